The lowest BCUT2D eigenvalue weighted by atomic mass is 10.0. The van der Waals surface area contributed by atoms with Crippen LogP contribution in [0.25, 0.3) is 22.4 Å². The molecule has 0 saturated heterocycles. The van der Waals surface area contributed by atoms with Crippen molar-refractivity contribution in [3.63, 3.8) is 0 Å². The average molecular weight is 528 g/mol. The van der Waals surface area contributed by atoms with E-state index in [0.29, 0.717) is 35.4 Å². The number of fused-ring (bicyclic) bond motifs is 1. The molecular formula is C27H33N3O6S. The number of rotatable bonds is 12. The monoisotopic (exact) mass is 527 g/mol. The highest BCUT2D eigenvalue weighted by Gasteiger charge is 2.34. The van der Waals surface area contributed by atoms with Crippen molar-refractivity contribution < 1.29 is 27.2 Å². The van der Waals surface area contributed by atoms with Crippen LogP contribution >= 0.6 is 0 Å². The highest BCUT2D eigenvalue weighted by Crippen LogP contribution is 2.46. The van der Waals surface area contributed by atoms with Gasteiger partial charge in [0.15, 0.2) is 0 Å². The van der Waals surface area contributed by atoms with Crippen LogP contribution in [0.5, 0.6) is 0 Å². The number of aldehydes is 1. The molecule has 1 saturated carbocycles. The van der Waals surface area contributed by atoms with Gasteiger partial charge in [0, 0.05) is 32.2 Å². The first-order valence-electron chi connectivity index (χ1n) is 12.4. The summed E-state index contributed by atoms with van der Waals surface area (Å²) in [6.07, 6.45) is 4.76. The van der Waals surface area contributed by atoms with E-state index in [1.165, 1.54) is 11.4 Å². The van der Waals surface area contributed by atoms with Gasteiger partial charge < -0.3 is 19.3 Å². The number of amides is 1. The number of pyridine rings is 1. The molecule has 1 unspecified atom stereocenters. The van der Waals surface area contributed by atoms with Crippen molar-refractivity contribution >= 4 is 39.1 Å². The number of hydrogen-bond donors (Lipinski definition) is 1. The molecule has 1 fully saturated rings. The predicted molar refractivity (Wildman–Crippen MR) is 142 cm³/mol. The number of benzene rings is 1. The van der Waals surface area contributed by atoms with Crippen LogP contribution in [0.3, 0.4) is 0 Å². The fraction of sp³-hybridized carbons (Fsp3) is 0.444. The molecule has 2 heterocycles. The molecule has 0 aliphatic heterocycles. The molecule has 0 spiro atoms. The summed E-state index contributed by atoms with van der Waals surface area (Å²) in [4.78, 5) is 29.0. The van der Waals surface area contributed by atoms with Crippen molar-refractivity contribution in [1.82, 2.24) is 10.3 Å². The van der Waals surface area contributed by atoms with Gasteiger partial charge in [-0.25, -0.2) is 8.42 Å². The number of anilines is 1. The van der Waals surface area contributed by atoms with Gasteiger partial charge in [0.25, 0.3) is 5.91 Å². The topological polar surface area (TPSA) is 119 Å². The van der Waals surface area contributed by atoms with Crippen molar-refractivity contribution in [2.75, 3.05) is 37.9 Å². The fourth-order valence-corrected chi connectivity index (χ4v) is 5.43. The van der Waals surface area contributed by atoms with Gasteiger partial charge in [0.1, 0.15) is 17.9 Å². The molecular weight excluding hydrogens is 494 g/mol. The largest absolute Gasteiger partial charge is 0.437 e. The van der Waals surface area contributed by atoms with Crippen LogP contribution in [0.1, 0.15) is 53.1 Å². The van der Waals surface area contributed by atoms with Crippen LogP contribution < -0.4 is 9.62 Å². The minimum absolute atomic E-state index is 0.155. The second kappa shape index (κ2) is 11.0. The fourth-order valence-electron chi connectivity index (χ4n) is 4.51. The van der Waals surface area contributed by atoms with E-state index in [1.54, 1.807) is 7.05 Å². The van der Waals surface area contributed by atoms with Crippen molar-refractivity contribution in [2.45, 2.75) is 38.5 Å². The second-order valence-corrected chi connectivity index (χ2v) is 11.5. The molecule has 1 atom stereocenters. The third-order valence-corrected chi connectivity index (χ3v) is 7.78. The summed E-state index contributed by atoms with van der Waals surface area (Å²) in [5.41, 5.74) is 3.16. The molecule has 2 aromatic heterocycles. The van der Waals surface area contributed by atoms with Crippen molar-refractivity contribution in [1.29, 1.82) is 0 Å². The highest BCUT2D eigenvalue weighted by molar-refractivity contribution is 7.92. The zero-order valence-corrected chi connectivity index (χ0v) is 22.4. The molecule has 37 heavy (non-hydrogen) atoms. The summed E-state index contributed by atoms with van der Waals surface area (Å²) in [5.74, 6) is 0.257. The maximum atomic E-state index is 13.0. The molecule has 4 rings (SSSR count). The van der Waals surface area contributed by atoms with Crippen molar-refractivity contribution in [3.8, 4) is 11.3 Å². The first-order valence-corrected chi connectivity index (χ1v) is 14.2. The summed E-state index contributed by atoms with van der Waals surface area (Å²) in [6, 6.07) is 9.50. The number of aryl methyl sites for hydroxylation is 1. The zero-order valence-electron chi connectivity index (χ0n) is 21.6. The van der Waals surface area contributed by atoms with Crippen molar-refractivity contribution in [2.24, 2.45) is 5.92 Å². The normalized spacial score (nSPS) is 14.5. The summed E-state index contributed by atoms with van der Waals surface area (Å²) >= 11 is 0. The van der Waals surface area contributed by atoms with Gasteiger partial charge >= 0.3 is 0 Å². The number of nitrogens with one attached hydrogen (secondary N) is 1. The molecule has 10 heteroatoms. The predicted octanol–water partition coefficient (Wildman–Crippen LogP) is 4.05. The van der Waals surface area contributed by atoms with E-state index in [2.05, 4.69) is 5.32 Å². The lowest BCUT2D eigenvalue weighted by Gasteiger charge is -2.24. The van der Waals surface area contributed by atoms with Gasteiger partial charge in [-0.1, -0.05) is 29.8 Å². The number of hydrogen-bond acceptors (Lipinski definition) is 7. The summed E-state index contributed by atoms with van der Waals surface area (Å²) in [5, 5.41) is 3.24. The molecule has 0 radical (unpaired) electrons. The molecule has 1 N–H and O–H groups in total. The van der Waals surface area contributed by atoms with Gasteiger partial charge in [-0.2, -0.15) is 4.98 Å². The van der Waals surface area contributed by atoms with Crippen LogP contribution in [-0.2, 0) is 19.6 Å². The Morgan fingerprint density at radius 3 is 2.57 bits per heavy atom. The van der Waals surface area contributed by atoms with Gasteiger partial charge in [0.05, 0.1) is 23.8 Å². The lowest BCUT2D eigenvalue weighted by Crippen LogP contribution is -2.33. The van der Waals surface area contributed by atoms with E-state index in [-0.39, 0.29) is 36.6 Å². The Hall–Kier alpha value is -3.24. The summed E-state index contributed by atoms with van der Waals surface area (Å²) in [6.45, 7) is 2.43. The number of furan rings is 1. The molecule has 3 aromatic rings. The molecule has 0 bridgehead atoms. The van der Waals surface area contributed by atoms with Crippen LogP contribution in [0.4, 0.5) is 5.82 Å². The third-order valence-electron chi connectivity index (χ3n) is 6.62. The van der Waals surface area contributed by atoms with Gasteiger partial charge in [-0.3, -0.25) is 9.10 Å². The Morgan fingerprint density at radius 1 is 1.30 bits per heavy atom. The second-order valence-electron chi connectivity index (χ2n) is 9.61. The van der Waals surface area contributed by atoms with Crippen LogP contribution in [-0.4, -0.2) is 59.2 Å². The quantitative estimate of drug-likeness (QED) is 0.353. The van der Waals surface area contributed by atoms with Gasteiger partial charge in [-0.05, 0) is 50.2 Å². The van der Waals surface area contributed by atoms with E-state index < -0.39 is 10.0 Å². The molecule has 198 valence electrons. The Balaban J connectivity index is 1.82. The number of methoxy groups -OCH3 is 1. The van der Waals surface area contributed by atoms with Crippen LogP contribution in [0.2, 0.25) is 0 Å². The first-order chi connectivity index (χ1) is 17.7. The first kappa shape index (κ1) is 26.8. The van der Waals surface area contributed by atoms with E-state index in [4.69, 9.17) is 14.1 Å². The summed E-state index contributed by atoms with van der Waals surface area (Å²) < 4.78 is 38.3. The Kier molecular flexibility index (Phi) is 7.99. The highest BCUT2D eigenvalue weighted by atomic mass is 32.2. The maximum Gasteiger partial charge on any atom is 0.255 e. The lowest BCUT2D eigenvalue weighted by molar-refractivity contribution is -0.112. The SMILES string of the molecule is CNC(=O)c1c(-c2ccc(C)cc2)oc2nc(N(CCCC(C=O)COC)S(C)(=O)=O)c(C3CC3)cc12. The van der Waals surface area contributed by atoms with E-state index >= 15 is 0 Å². The van der Waals surface area contributed by atoms with Gasteiger partial charge in [0.2, 0.25) is 15.7 Å². The van der Waals surface area contributed by atoms with E-state index in [0.717, 1.165) is 42.1 Å². The van der Waals surface area contributed by atoms with E-state index in [9.17, 15) is 18.0 Å². The maximum absolute atomic E-state index is 13.0. The van der Waals surface area contributed by atoms with Crippen molar-refractivity contribution in [3.05, 3.63) is 47.0 Å². The van der Waals surface area contributed by atoms with Crippen LogP contribution in [0.15, 0.2) is 34.7 Å². The molecule has 1 aliphatic rings. The minimum atomic E-state index is -3.68. The number of nitrogens with zero attached hydrogens (tertiary/aromatic N) is 2. The smallest absolute Gasteiger partial charge is 0.255 e. The zero-order chi connectivity index (χ0) is 26.7. The average Bonchev–Trinajstić information content (AvgIpc) is 3.65. The Morgan fingerprint density at radius 2 is 2.00 bits per heavy atom. The Bertz CT molecular complexity index is 1390. The number of sulfonamides is 1. The molecule has 9 nitrogen and oxygen atoms in total. The molecule has 1 aliphatic carbocycles. The third kappa shape index (κ3) is 5.86. The molecule has 1 amide bonds. The number of carbonyl (C=O) groups is 2. The number of ether oxygens (including phenoxy) is 1. The van der Waals surface area contributed by atoms with E-state index in [1.807, 2.05) is 37.3 Å². The van der Waals surface area contributed by atoms with Crippen LogP contribution in [0, 0.1) is 12.8 Å². The standard InChI is InChI=1S/C27H33N3O6S/c1-17-7-9-20(10-8-17)24-23(26(32)28-2)22-14-21(19-11-12-19)25(29-27(22)36-24)30(37(4,33)34)13-5-6-18(15-31)16-35-3/h7-10,14-15,18-19H,5-6,11-13,16H2,1-4H3,(H,28,32). The molecule has 1 aromatic carbocycles. The van der Waals surface area contributed by atoms with Gasteiger partial charge in [-0.15, -0.1) is 0 Å². The number of aromatic nitrogens is 1. The summed E-state index contributed by atoms with van der Waals surface area (Å²) in [7, 11) is -0.593. The minimum Gasteiger partial charge on any atom is -0.437 e. The number of carbonyl (C=O) groups excluding carboxylic acids is 2. The Labute approximate surface area is 217 Å².